The molecule has 0 aliphatic carbocycles. The van der Waals surface area contributed by atoms with Crippen LogP contribution in [-0.2, 0) is 6.54 Å². The van der Waals surface area contributed by atoms with E-state index in [4.69, 9.17) is 4.74 Å². The minimum absolute atomic E-state index is 0.128. The number of unbranched alkanes of at least 4 members (excludes halogenated alkanes) is 5. The Morgan fingerprint density at radius 1 is 1.10 bits per heavy atom. The van der Waals surface area contributed by atoms with Crippen LogP contribution in [0.5, 0.6) is 5.88 Å². The van der Waals surface area contributed by atoms with Gasteiger partial charge in [0.05, 0.1) is 6.61 Å². The normalized spacial score (nSPS) is 11.6. The molecule has 0 radical (unpaired) electrons. The molecule has 120 valence electrons. The fraction of sp³-hybridized carbons (Fsp3) is 0.722. The Hall–Kier alpha value is -1.09. The summed E-state index contributed by atoms with van der Waals surface area (Å²) in [6, 6.07) is 4.08. The van der Waals surface area contributed by atoms with Crippen LogP contribution in [0.4, 0.5) is 0 Å². The lowest BCUT2D eigenvalue weighted by Crippen LogP contribution is -2.35. The van der Waals surface area contributed by atoms with Gasteiger partial charge in [0, 0.05) is 24.3 Å². The molecule has 0 fully saturated rings. The first kappa shape index (κ1) is 18.0. The molecular formula is C18H32N2O. The molecule has 0 amide bonds. The van der Waals surface area contributed by atoms with E-state index in [-0.39, 0.29) is 5.54 Å². The summed E-state index contributed by atoms with van der Waals surface area (Å²) in [5.74, 6) is 0.747. The predicted molar refractivity (Wildman–Crippen MR) is 89.7 cm³/mol. The summed E-state index contributed by atoms with van der Waals surface area (Å²) in [6.07, 6.45) is 9.53. The van der Waals surface area contributed by atoms with Gasteiger partial charge >= 0.3 is 0 Å². The maximum absolute atomic E-state index is 5.75. The molecule has 0 aromatic carbocycles. The van der Waals surface area contributed by atoms with Gasteiger partial charge in [0.25, 0.3) is 0 Å². The fourth-order valence-electron chi connectivity index (χ4n) is 2.07. The second-order valence-electron chi connectivity index (χ2n) is 6.72. The Morgan fingerprint density at radius 2 is 1.81 bits per heavy atom. The van der Waals surface area contributed by atoms with Crippen LogP contribution in [0.25, 0.3) is 0 Å². The van der Waals surface area contributed by atoms with Crippen molar-refractivity contribution in [2.45, 2.75) is 78.3 Å². The number of nitrogens with one attached hydrogen (secondary N) is 1. The number of ether oxygens (including phenoxy) is 1. The van der Waals surface area contributed by atoms with Gasteiger partial charge in [-0.05, 0) is 38.8 Å². The molecule has 1 aromatic heterocycles. The Balaban J connectivity index is 2.23. The summed E-state index contributed by atoms with van der Waals surface area (Å²) >= 11 is 0. The third-order valence-corrected chi connectivity index (χ3v) is 3.37. The zero-order chi connectivity index (χ0) is 15.6. The van der Waals surface area contributed by atoms with Gasteiger partial charge in [-0.1, -0.05) is 39.0 Å². The summed E-state index contributed by atoms with van der Waals surface area (Å²) in [7, 11) is 0. The number of aromatic nitrogens is 1. The van der Waals surface area contributed by atoms with Crippen molar-refractivity contribution in [3.63, 3.8) is 0 Å². The summed E-state index contributed by atoms with van der Waals surface area (Å²) in [6.45, 7) is 10.4. The number of nitrogens with zero attached hydrogens (tertiary/aromatic N) is 1. The third kappa shape index (κ3) is 9.46. The lowest BCUT2D eigenvalue weighted by atomic mass is 10.1. The van der Waals surface area contributed by atoms with E-state index >= 15 is 0 Å². The van der Waals surface area contributed by atoms with Crippen molar-refractivity contribution in [1.29, 1.82) is 0 Å². The predicted octanol–water partition coefficient (Wildman–Crippen LogP) is 4.71. The minimum Gasteiger partial charge on any atom is -0.478 e. The number of hydrogen-bond acceptors (Lipinski definition) is 3. The highest BCUT2D eigenvalue weighted by molar-refractivity contribution is 5.20. The molecule has 0 aliphatic rings. The van der Waals surface area contributed by atoms with Gasteiger partial charge in [-0.15, -0.1) is 0 Å². The molecule has 0 aliphatic heterocycles. The molecule has 1 heterocycles. The van der Waals surface area contributed by atoms with Crippen molar-refractivity contribution in [1.82, 2.24) is 10.3 Å². The van der Waals surface area contributed by atoms with Gasteiger partial charge in [0.1, 0.15) is 0 Å². The van der Waals surface area contributed by atoms with Crippen molar-refractivity contribution in [3.8, 4) is 5.88 Å². The molecule has 0 saturated heterocycles. The van der Waals surface area contributed by atoms with Crippen LogP contribution >= 0.6 is 0 Å². The Kier molecular flexibility index (Phi) is 8.36. The van der Waals surface area contributed by atoms with Crippen LogP contribution in [0.15, 0.2) is 18.3 Å². The zero-order valence-electron chi connectivity index (χ0n) is 14.2. The molecule has 1 rings (SSSR count). The van der Waals surface area contributed by atoms with Crippen molar-refractivity contribution in [2.75, 3.05) is 6.61 Å². The van der Waals surface area contributed by atoms with Crippen LogP contribution in [0.1, 0.15) is 71.8 Å². The van der Waals surface area contributed by atoms with Gasteiger partial charge in [-0.2, -0.15) is 0 Å². The van der Waals surface area contributed by atoms with Crippen LogP contribution < -0.4 is 10.1 Å². The highest BCUT2D eigenvalue weighted by atomic mass is 16.5. The van der Waals surface area contributed by atoms with Crippen LogP contribution in [-0.4, -0.2) is 17.1 Å². The first-order chi connectivity index (χ1) is 10.0. The second-order valence-corrected chi connectivity index (χ2v) is 6.72. The van der Waals surface area contributed by atoms with E-state index in [1.807, 2.05) is 18.3 Å². The molecule has 0 bridgehead atoms. The van der Waals surface area contributed by atoms with Gasteiger partial charge in [-0.3, -0.25) is 0 Å². The SMILES string of the molecule is CCCCCCCCOc1cc(CNC(C)(C)C)ccn1. The van der Waals surface area contributed by atoms with E-state index in [1.165, 1.54) is 37.7 Å². The van der Waals surface area contributed by atoms with Crippen LogP contribution in [0.2, 0.25) is 0 Å². The molecule has 3 heteroatoms. The van der Waals surface area contributed by atoms with Crippen LogP contribution in [0.3, 0.4) is 0 Å². The average molecular weight is 292 g/mol. The minimum atomic E-state index is 0.128. The maximum atomic E-state index is 5.75. The number of pyridine rings is 1. The molecule has 1 N–H and O–H groups in total. The quantitative estimate of drug-likeness (QED) is 0.634. The highest BCUT2D eigenvalue weighted by Gasteiger charge is 2.08. The van der Waals surface area contributed by atoms with Gasteiger partial charge in [0.15, 0.2) is 0 Å². The van der Waals surface area contributed by atoms with Crippen LogP contribution in [0, 0.1) is 0 Å². The van der Waals surface area contributed by atoms with E-state index < -0.39 is 0 Å². The first-order valence-corrected chi connectivity index (χ1v) is 8.34. The van der Waals surface area contributed by atoms with E-state index in [2.05, 4.69) is 38.0 Å². The lowest BCUT2D eigenvalue weighted by molar-refractivity contribution is 0.292. The van der Waals surface area contributed by atoms with E-state index in [9.17, 15) is 0 Å². The molecule has 21 heavy (non-hydrogen) atoms. The lowest BCUT2D eigenvalue weighted by Gasteiger charge is -2.20. The summed E-state index contributed by atoms with van der Waals surface area (Å²) < 4.78 is 5.75. The molecule has 0 atom stereocenters. The fourth-order valence-corrected chi connectivity index (χ4v) is 2.07. The Labute approximate surface area is 130 Å². The average Bonchev–Trinajstić information content (AvgIpc) is 2.44. The van der Waals surface area contributed by atoms with Gasteiger partial charge in [-0.25, -0.2) is 4.98 Å². The number of hydrogen-bond donors (Lipinski definition) is 1. The van der Waals surface area contributed by atoms with Crippen molar-refractivity contribution in [2.24, 2.45) is 0 Å². The molecule has 0 unspecified atom stereocenters. The summed E-state index contributed by atoms with van der Waals surface area (Å²) in [5.41, 5.74) is 1.35. The highest BCUT2D eigenvalue weighted by Crippen LogP contribution is 2.12. The van der Waals surface area contributed by atoms with E-state index in [1.54, 1.807) is 0 Å². The van der Waals surface area contributed by atoms with Gasteiger partial charge in [0.2, 0.25) is 5.88 Å². The Bertz CT molecular complexity index is 385. The van der Waals surface area contributed by atoms with Crippen molar-refractivity contribution >= 4 is 0 Å². The van der Waals surface area contributed by atoms with E-state index in [0.29, 0.717) is 0 Å². The summed E-state index contributed by atoms with van der Waals surface area (Å²) in [5, 5.41) is 3.48. The zero-order valence-corrected chi connectivity index (χ0v) is 14.2. The Morgan fingerprint density at radius 3 is 2.52 bits per heavy atom. The second kappa shape index (κ2) is 9.78. The topological polar surface area (TPSA) is 34.1 Å². The molecule has 0 spiro atoms. The molecule has 1 aromatic rings. The summed E-state index contributed by atoms with van der Waals surface area (Å²) in [4.78, 5) is 4.28. The van der Waals surface area contributed by atoms with Gasteiger partial charge < -0.3 is 10.1 Å². The van der Waals surface area contributed by atoms with Crippen molar-refractivity contribution in [3.05, 3.63) is 23.9 Å². The smallest absolute Gasteiger partial charge is 0.213 e. The van der Waals surface area contributed by atoms with Crippen molar-refractivity contribution < 1.29 is 4.74 Å². The first-order valence-electron chi connectivity index (χ1n) is 8.34. The monoisotopic (exact) mass is 292 g/mol. The third-order valence-electron chi connectivity index (χ3n) is 3.37. The maximum Gasteiger partial charge on any atom is 0.213 e. The molecule has 3 nitrogen and oxygen atoms in total. The standard InChI is InChI=1S/C18H32N2O/c1-5-6-7-8-9-10-13-21-17-14-16(11-12-19-17)15-20-18(2,3)4/h11-12,14,20H,5-10,13,15H2,1-4H3. The molecule has 0 saturated carbocycles. The molecular weight excluding hydrogens is 260 g/mol. The number of rotatable bonds is 10. The largest absolute Gasteiger partial charge is 0.478 e. The van der Waals surface area contributed by atoms with E-state index in [0.717, 1.165) is 25.5 Å².